The van der Waals surface area contributed by atoms with Crippen molar-refractivity contribution < 1.29 is 4.74 Å². The monoisotopic (exact) mass is 262 g/mol. The molecule has 0 radical (unpaired) electrons. The summed E-state index contributed by atoms with van der Waals surface area (Å²) in [7, 11) is 3.89. The number of ether oxygens (including phenoxy) is 1. The Hall–Kier alpha value is -1.22. The Balaban J connectivity index is 1.92. The fourth-order valence-electron chi connectivity index (χ4n) is 3.08. The molecular formula is C16H26N2O. The number of rotatable bonds is 5. The van der Waals surface area contributed by atoms with Crippen molar-refractivity contribution in [2.75, 3.05) is 32.1 Å². The molecule has 19 heavy (non-hydrogen) atoms. The summed E-state index contributed by atoms with van der Waals surface area (Å²) < 4.78 is 5.43. The fraction of sp³-hybridized carbons (Fsp3) is 0.625. The van der Waals surface area contributed by atoms with Crippen molar-refractivity contribution in [3.05, 3.63) is 24.3 Å². The van der Waals surface area contributed by atoms with Crippen molar-refractivity contribution in [3.8, 4) is 5.75 Å². The molecule has 0 atom stereocenters. The van der Waals surface area contributed by atoms with Gasteiger partial charge < -0.3 is 15.4 Å². The molecule has 0 aliphatic heterocycles. The highest BCUT2D eigenvalue weighted by Gasteiger charge is 2.21. The van der Waals surface area contributed by atoms with Gasteiger partial charge in [0.15, 0.2) is 0 Å². The van der Waals surface area contributed by atoms with Crippen LogP contribution in [0.15, 0.2) is 24.3 Å². The summed E-state index contributed by atoms with van der Waals surface area (Å²) in [4.78, 5) is 2.33. The Kier molecular flexibility index (Phi) is 5.08. The van der Waals surface area contributed by atoms with Crippen LogP contribution in [0, 0.1) is 11.8 Å². The van der Waals surface area contributed by atoms with E-state index in [1.807, 2.05) is 12.1 Å². The molecule has 0 aromatic heterocycles. The summed E-state index contributed by atoms with van der Waals surface area (Å²) in [5, 5.41) is 0. The van der Waals surface area contributed by atoms with E-state index in [9.17, 15) is 0 Å². The SMILES string of the molecule is COc1ccccc1N(C)CC1CCC(CN)CC1. The summed E-state index contributed by atoms with van der Waals surface area (Å²) in [5.41, 5.74) is 6.94. The molecule has 0 spiro atoms. The minimum absolute atomic E-state index is 0.757. The van der Waals surface area contributed by atoms with E-state index in [2.05, 4.69) is 24.1 Å². The van der Waals surface area contributed by atoms with Gasteiger partial charge in [-0.3, -0.25) is 0 Å². The molecule has 1 saturated carbocycles. The van der Waals surface area contributed by atoms with Gasteiger partial charge in [-0.05, 0) is 56.2 Å². The second-order valence-electron chi connectivity index (χ2n) is 5.67. The molecule has 1 fully saturated rings. The highest BCUT2D eigenvalue weighted by molar-refractivity contribution is 5.57. The first kappa shape index (κ1) is 14.2. The number of anilines is 1. The van der Waals surface area contributed by atoms with Crippen LogP contribution < -0.4 is 15.4 Å². The first-order valence-corrected chi connectivity index (χ1v) is 7.28. The number of methoxy groups -OCH3 is 1. The molecule has 1 aromatic carbocycles. The first-order valence-electron chi connectivity index (χ1n) is 7.28. The smallest absolute Gasteiger partial charge is 0.142 e. The quantitative estimate of drug-likeness (QED) is 0.886. The minimum atomic E-state index is 0.757. The Morgan fingerprint density at radius 2 is 1.79 bits per heavy atom. The van der Waals surface area contributed by atoms with Gasteiger partial charge in [-0.25, -0.2) is 0 Å². The standard InChI is InChI=1S/C16H26N2O/c1-18(15-5-3-4-6-16(15)19-2)12-14-9-7-13(11-17)8-10-14/h3-6,13-14H,7-12,17H2,1-2H3. The van der Waals surface area contributed by atoms with Gasteiger partial charge in [0.1, 0.15) is 5.75 Å². The summed E-state index contributed by atoms with van der Waals surface area (Å²) in [5.74, 6) is 2.51. The fourth-order valence-corrected chi connectivity index (χ4v) is 3.08. The van der Waals surface area contributed by atoms with E-state index < -0.39 is 0 Å². The van der Waals surface area contributed by atoms with E-state index in [0.29, 0.717) is 0 Å². The molecule has 106 valence electrons. The Bertz CT molecular complexity index is 386. The van der Waals surface area contributed by atoms with Crippen LogP contribution in [-0.4, -0.2) is 27.2 Å². The molecular weight excluding hydrogens is 236 g/mol. The Morgan fingerprint density at radius 1 is 1.16 bits per heavy atom. The predicted molar refractivity (Wildman–Crippen MR) is 80.8 cm³/mol. The number of para-hydroxylation sites is 2. The van der Waals surface area contributed by atoms with E-state index >= 15 is 0 Å². The van der Waals surface area contributed by atoms with Crippen molar-refractivity contribution in [2.24, 2.45) is 17.6 Å². The van der Waals surface area contributed by atoms with Crippen molar-refractivity contribution >= 4 is 5.69 Å². The molecule has 3 heteroatoms. The van der Waals surface area contributed by atoms with Crippen LogP contribution in [0.2, 0.25) is 0 Å². The van der Waals surface area contributed by atoms with Crippen molar-refractivity contribution in [3.63, 3.8) is 0 Å². The van der Waals surface area contributed by atoms with Gasteiger partial charge in [0, 0.05) is 13.6 Å². The highest BCUT2D eigenvalue weighted by atomic mass is 16.5. The van der Waals surface area contributed by atoms with E-state index in [4.69, 9.17) is 10.5 Å². The van der Waals surface area contributed by atoms with Crippen molar-refractivity contribution in [1.29, 1.82) is 0 Å². The molecule has 2 N–H and O–H groups in total. The maximum Gasteiger partial charge on any atom is 0.142 e. The normalized spacial score (nSPS) is 23.1. The third kappa shape index (κ3) is 3.63. The second kappa shape index (κ2) is 6.80. The van der Waals surface area contributed by atoms with Crippen LogP contribution >= 0.6 is 0 Å². The van der Waals surface area contributed by atoms with Crippen LogP contribution in [0.5, 0.6) is 5.75 Å². The zero-order chi connectivity index (χ0) is 13.7. The molecule has 3 nitrogen and oxygen atoms in total. The third-order valence-electron chi connectivity index (χ3n) is 4.33. The lowest BCUT2D eigenvalue weighted by Gasteiger charge is -2.32. The zero-order valence-electron chi connectivity index (χ0n) is 12.1. The summed E-state index contributed by atoms with van der Waals surface area (Å²) >= 11 is 0. The van der Waals surface area contributed by atoms with Crippen LogP contribution in [-0.2, 0) is 0 Å². The lowest BCUT2D eigenvalue weighted by atomic mass is 9.82. The third-order valence-corrected chi connectivity index (χ3v) is 4.33. The molecule has 2 rings (SSSR count). The summed E-state index contributed by atoms with van der Waals surface area (Å²) in [6.07, 6.45) is 5.20. The highest BCUT2D eigenvalue weighted by Crippen LogP contribution is 2.32. The largest absolute Gasteiger partial charge is 0.495 e. The summed E-state index contributed by atoms with van der Waals surface area (Å²) in [6, 6.07) is 8.24. The molecule has 1 aromatic rings. The van der Waals surface area contributed by atoms with Crippen LogP contribution in [0.4, 0.5) is 5.69 Å². The lowest BCUT2D eigenvalue weighted by Crippen LogP contribution is -2.30. The zero-order valence-corrected chi connectivity index (χ0v) is 12.1. The predicted octanol–water partition coefficient (Wildman–Crippen LogP) is 2.90. The maximum absolute atomic E-state index is 5.75. The van der Waals surface area contributed by atoms with E-state index in [0.717, 1.165) is 30.7 Å². The van der Waals surface area contributed by atoms with Crippen molar-refractivity contribution in [1.82, 2.24) is 0 Å². The molecule has 1 aliphatic carbocycles. The van der Waals surface area contributed by atoms with Gasteiger partial charge in [-0.2, -0.15) is 0 Å². The molecule has 0 unspecified atom stereocenters. The average Bonchev–Trinajstić information content (AvgIpc) is 2.48. The number of nitrogens with two attached hydrogens (primary N) is 1. The van der Waals surface area contributed by atoms with E-state index in [1.165, 1.54) is 31.4 Å². The molecule has 0 amide bonds. The van der Waals surface area contributed by atoms with E-state index in [1.54, 1.807) is 7.11 Å². The van der Waals surface area contributed by atoms with Gasteiger partial charge in [0.05, 0.1) is 12.8 Å². The Morgan fingerprint density at radius 3 is 2.42 bits per heavy atom. The van der Waals surface area contributed by atoms with Crippen molar-refractivity contribution in [2.45, 2.75) is 25.7 Å². The number of benzene rings is 1. The number of hydrogen-bond acceptors (Lipinski definition) is 3. The topological polar surface area (TPSA) is 38.5 Å². The van der Waals surface area contributed by atoms with Crippen LogP contribution in [0.3, 0.4) is 0 Å². The molecule has 0 saturated heterocycles. The van der Waals surface area contributed by atoms with Gasteiger partial charge in [0.2, 0.25) is 0 Å². The second-order valence-corrected chi connectivity index (χ2v) is 5.67. The van der Waals surface area contributed by atoms with Gasteiger partial charge in [-0.1, -0.05) is 12.1 Å². The Labute approximate surface area is 116 Å². The number of hydrogen-bond donors (Lipinski definition) is 1. The van der Waals surface area contributed by atoms with E-state index in [-0.39, 0.29) is 0 Å². The molecule has 1 aliphatic rings. The first-order chi connectivity index (χ1) is 9.24. The van der Waals surface area contributed by atoms with Crippen LogP contribution in [0.1, 0.15) is 25.7 Å². The average molecular weight is 262 g/mol. The maximum atomic E-state index is 5.75. The lowest BCUT2D eigenvalue weighted by molar-refractivity contribution is 0.282. The van der Waals surface area contributed by atoms with Gasteiger partial charge in [-0.15, -0.1) is 0 Å². The summed E-state index contributed by atoms with van der Waals surface area (Å²) in [6.45, 7) is 1.97. The van der Waals surface area contributed by atoms with Gasteiger partial charge in [0.25, 0.3) is 0 Å². The van der Waals surface area contributed by atoms with Crippen LogP contribution in [0.25, 0.3) is 0 Å². The molecule has 0 heterocycles. The van der Waals surface area contributed by atoms with Gasteiger partial charge >= 0.3 is 0 Å². The molecule has 0 bridgehead atoms. The number of nitrogens with zero attached hydrogens (tertiary/aromatic N) is 1. The minimum Gasteiger partial charge on any atom is -0.495 e.